The Bertz CT molecular complexity index is 929. The Labute approximate surface area is 158 Å². The number of ether oxygens (including phenoxy) is 1. The molecule has 1 unspecified atom stereocenters. The third-order valence-electron chi connectivity index (χ3n) is 3.77. The van der Waals surface area contributed by atoms with E-state index < -0.39 is 22.0 Å². The first-order chi connectivity index (χ1) is 12.1. The molecule has 0 aliphatic heterocycles. The van der Waals surface area contributed by atoms with Crippen LogP contribution in [-0.2, 0) is 14.8 Å². The second-order valence-corrected chi connectivity index (χ2v) is 8.04. The third kappa shape index (κ3) is 4.75. The van der Waals surface area contributed by atoms with Gasteiger partial charge in [0.15, 0.2) is 0 Å². The lowest BCUT2D eigenvalue weighted by molar-refractivity contribution is -0.117. The monoisotopic (exact) mass is 396 g/mol. The van der Waals surface area contributed by atoms with Gasteiger partial charge in [-0.25, -0.2) is 8.42 Å². The molecule has 2 N–H and O–H groups in total. The molecule has 2 rings (SSSR count). The highest BCUT2D eigenvalue weighted by atomic mass is 35.5. The minimum absolute atomic E-state index is 0.0157. The van der Waals surface area contributed by atoms with Crippen LogP contribution in [0, 0.1) is 13.8 Å². The predicted molar refractivity (Wildman–Crippen MR) is 102 cm³/mol. The first kappa shape index (κ1) is 20.2. The summed E-state index contributed by atoms with van der Waals surface area (Å²) in [6, 6.07) is 8.89. The molecule has 8 heteroatoms. The van der Waals surface area contributed by atoms with Crippen molar-refractivity contribution in [2.75, 3.05) is 12.4 Å². The summed E-state index contributed by atoms with van der Waals surface area (Å²) >= 11 is 6.03. The van der Waals surface area contributed by atoms with E-state index in [1.807, 2.05) is 6.92 Å². The van der Waals surface area contributed by atoms with Crippen molar-refractivity contribution in [3.05, 3.63) is 52.5 Å². The lowest BCUT2D eigenvalue weighted by Gasteiger charge is -2.16. The molecular formula is C18H21ClN2O4S. The average Bonchev–Trinajstić information content (AvgIpc) is 2.57. The van der Waals surface area contributed by atoms with Crippen LogP contribution < -0.4 is 14.8 Å². The van der Waals surface area contributed by atoms with E-state index in [1.165, 1.54) is 20.1 Å². The second-order valence-electron chi connectivity index (χ2n) is 5.95. The summed E-state index contributed by atoms with van der Waals surface area (Å²) < 4.78 is 32.8. The molecule has 6 nitrogen and oxygen atoms in total. The lowest BCUT2D eigenvalue weighted by atomic mass is 10.2. The van der Waals surface area contributed by atoms with Gasteiger partial charge in [-0.1, -0.05) is 23.7 Å². The number of anilines is 1. The van der Waals surface area contributed by atoms with E-state index in [0.717, 1.165) is 11.1 Å². The predicted octanol–water partition coefficient (Wildman–Crippen LogP) is 3.27. The molecule has 0 radical (unpaired) electrons. The molecule has 26 heavy (non-hydrogen) atoms. The van der Waals surface area contributed by atoms with E-state index in [1.54, 1.807) is 37.3 Å². The van der Waals surface area contributed by atoms with Crippen molar-refractivity contribution in [2.45, 2.75) is 31.7 Å². The summed E-state index contributed by atoms with van der Waals surface area (Å²) in [5.41, 5.74) is 2.13. The summed E-state index contributed by atoms with van der Waals surface area (Å²) in [4.78, 5) is 12.3. The van der Waals surface area contributed by atoms with E-state index in [0.29, 0.717) is 10.7 Å². The Morgan fingerprint density at radius 3 is 2.46 bits per heavy atom. The Hall–Kier alpha value is -2.09. The molecule has 1 amide bonds. The summed E-state index contributed by atoms with van der Waals surface area (Å²) in [5, 5.41) is 3.16. The molecular weight excluding hydrogens is 376 g/mol. The first-order valence-corrected chi connectivity index (χ1v) is 9.74. The molecule has 0 saturated heterocycles. The van der Waals surface area contributed by atoms with Crippen molar-refractivity contribution in [3.8, 4) is 5.75 Å². The Balaban J connectivity index is 2.17. The minimum Gasteiger partial charge on any atom is -0.495 e. The average molecular weight is 397 g/mol. The number of amides is 1. The zero-order chi connectivity index (χ0) is 19.5. The van der Waals surface area contributed by atoms with E-state index in [2.05, 4.69) is 10.0 Å². The van der Waals surface area contributed by atoms with Gasteiger partial charge < -0.3 is 10.1 Å². The van der Waals surface area contributed by atoms with Gasteiger partial charge in [0.1, 0.15) is 10.6 Å². The maximum atomic E-state index is 12.6. The number of hydrogen-bond acceptors (Lipinski definition) is 4. The van der Waals surface area contributed by atoms with Crippen LogP contribution >= 0.6 is 11.6 Å². The number of sulfonamides is 1. The minimum atomic E-state index is -3.94. The van der Waals surface area contributed by atoms with E-state index >= 15 is 0 Å². The molecule has 0 bridgehead atoms. The summed E-state index contributed by atoms with van der Waals surface area (Å²) in [6.45, 7) is 5.08. The van der Waals surface area contributed by atoms with E-state index in [4.69, 9.17) is 16.3 Å². The van der Waals surface area contributed by atoms with Crippen molar-refractivity contribution >= 4 is 33.2 Å². The Kier molecular flexibility index (Phi) is 6.28. The summed E-state index contributed by atoms with van der Waals surface area (Å²) in [5.74, 6) is -0.291. The van der Waals surface area contributed by atoms with Gasteiger partial charge in [0.25, 0.3) is 0 Å². The van der Waals surface area contributed by atoms with Crippen molar-refractivity contribution < 1.29 is 17.9 Å². The SMILES string of the molecule is COc1ccc(C)cc1S(=O)(=O)NC(C)C(=O)Nc1ccc(C)c(Cl)c1. The summed E-state index contributed by atoms with van der Waals surface area (Å²) in [6.07, 6.45) is 0. The van der Waals surface area contributed by atoms with Gasteiger partial charge in [-0.05, 0) is 56.2 Å². The fourth-order valence-electron chi connectivity index (χ4n) is 2.26. The fraction of sp³-hybridized carbons (Fsp3) is 0.278. The van der Waals surface area contributed by atoms with Crippen LogP contribution in [0.2, 0.25) is 5.02 Å². The maximum absolute atomic E-state index is 12.6. The largest absolute Gasteiger partial charge is 0.495 e. The molecule has 0 aromatic heterocycles. The molecule has 0 spiro atoms. The fourth-order valence-corrected chi connectivity index (χ4v) is 3.90. The number of halogens is 1. The third-order valence-corrected chi connectivity index (χ3v) is 5.74. The number of aryl methyl sites for hydroxylation is 2. The van der Waals surface area contributed by atoms with E-state index in [-0.39, 0.29) is 10.6 Å². The van der Waals surface area contributed by atoms with Gasteiger partial charge in [0.2, 0.25) is 15.9 Å². The molecule has 0 saturated carbocycles. The number of nitrogens with one attached hydrogen (secondary N) is 2. The second kappa shape index (κ2) is 8.07. The van der Waals surface area contributed by atoms with Gasteiger partial charge in [-0.2, -0.15) is 4.72 Å². The van der Waals surface area contributed by atoms with E-state index in [9.17, 15) is 13.2 Å². The van der Waals surface area contributed by atoms with Gasteiger partial charge >= 0.3 is 0 Å². The highest BCUT2D eigenvalue weighted by Crippen LogP contribution is 2.25. The number of hydrogen-bond donors (Lipinski definition) is 2. The maximum Gasteiger partial charge on any atom is 0.244 e. The molecule has 2 aromatic carbocycles. The molecule has 2 aromatic rings. The zero-order valence-corrected chi connectivity index (χ0v) is 16.5. The lowest BCUT2D eigenvalue weighted by Crippen LogP contribution is -2.41. The molecule has 140 valence electrons. The molecule has 0 heterocycles. The smallest absolute Gasteiger partial charge is 0.244 e. The van der Waals surface area contributed by atoms with Gasteiger partial charge in [0, 0.05) is 10.7 Å². The highest BCUT2D eigenvalue weighted by Gasteiger charge is 2.25. The Morgan fingerprint density at radius 1 is 1.15 bits per heavy atom. The molecule has 0 aliphatic carbocycles. The molecule has 0 aliphatic rings. The Morgan fingerprint density at radius 2 is 1.85 bits per heavy atom. The van der Waals surface area contributed by atoms with Crippen molar-refractivity contribution in [2.24, 2.45) is 0 Å². The van der Waals surface area contributed by atoms with Crippen LogP contribution in [-0.4, -0.2) is 27.5 Å². The van der Waals surface area contributed by atoms with Gasteiger partial charge in [0.05, 0.1) is 13.2 Å². The molecule has 0 fully saturated rings. The van der Waals surface area contributed by atoms with Gasteiger partial charge in [-0.3, -0.25) is 4.79 Å². The van der Waals surface area contributed by atoms with Crippen LogP contribution in [0.3, 0.4) is 0 Å². The molecule has 1 atom stereocenters. The van der Waals surface area contributed by atoms with Crippen molar-refractivity contribution in [3.63, 3.8) is 0 Å². The number of carbonyl (C=O) groups excluding carboxylic acids is 1. The topological polar surface area (TPSA) is 84.5 Å². The number of carbonyl (C=O) groups is 1. The van der Waals surface area contributed by atoms with Crippen LogP contribution in [0.25, 0.3) is 0 Å². The first-order valence-electron chi connectivity index (χ1n) is 7.88. The zero-order valence-electron chi connectivity index (χ0n) is 15.0. The van der Waals surface area contributed by atoms with Gasteiger partial charge in [-0.15, -0.1) is 0 Å². The van der Waals surface area contributed by atoms with Crippen LogP contribution in [0.1, 0.15) is 18.1 Å². The normalized spacial score (nSPS) is 12.5. The number of rotatable bonds is 6. The van der Waals surface area contributed by atoms with Crippen molar-refractivity contribution in [1.29, 1.82) is 0 Å². The van der Waals surface area contributed by atoms with Crippen molar-refractivity contribution in [1.82, 2.24) is 4.72 Å². The van der Waals surface area contributed by atoms with Crippen LogP contribution in [0.5, 0.6) is 5.75 Å². The quantitative estimate of drug-likeness (QED) is 0.784. The summed E-state index contributed by atoms with van der Waals surface area (Å²) in [7, 11) is -2.55. The number of methoxy groups -OCH3 is 1. The number of benzene rings is 2. The van der Waals surface area contributed by atoms with Crippen LogP contribution in [0.4, 0.5) is 5.69 Å². The standard InChI is InChI=1S/C18H21ClN2O4S/c1-11-5-8-16(25-4)17(9-11)26(23,24)21-13(3)18(22)20-14-7-6-12(2)15(19)10-14/h5-10,13,21H,1-4H3,(H,20,22). The van der Waals surface area contributed by atoms with Crippen LogP contribution in [0.15, 0.2) is 41.3 Å². The highest BCUT2D eigenvalue weighted by molar-refractivity contribution is 7.89.